The van der Waals surface area contributed by atoms with Gasteiger partial charge in [0.05, 0.1) is 7.11 Å². The van der Waals surface area contributed by atoms with Gasteiger partial charge in [0.15, 0.2) is 0 Å². The van der Waals surface area contributed by atoms with Crippen molar-refractivity contribution in [3.8, 4) is 16.9 Å². The van der Waals surface area contributed by atoms with Crippen LogP contribution in [0, 0.1) is 0 Å². The molecule has 0 aromatic heterocycles. The Labute approximate surface area is 136 Å². The lowest BCUT2D eigenvalue weighted by molar-refractivity contribution is 0.414. The van der Waals surface area contributed by atoms with Crippen LogP contribution in [0.15, 0.2) is 60.7 Å². The van der Waals surface area contributed by atoms with Crippen LogP contribution in [-0.4, -0.2) is 7.11 Å². The van der Waals surface area contributed by atoms with Gasteiger partial charge in [0.2, 0.25) is 0 Å². The third-order valence-electron chi connectivity index (χ3n) is 4.68. The summed E-state index contributed by atoms with van der Waals surface area (Å²) in [7, 11) is 1.69. The molecule has 0 heterocycles. The summed E-state index contributed by atoms with van der Waals surface area (Å²) in [5, 5.41) is 0. The minimum Gasteiger partial charge on any atom is -0.497 e. The van der Waals surface area contributed by atoms with Crippen molar-refractivity contribution in [3.63, 3.8) is 0 Å². The molecule has 1 aliphatic carbocycles. The molecule has 0 fully saturated rings. The molecule has 1 aliphatic rings. The molecule has 23 heavy (non-hydrogen) atoms. The molecule has 0 bridgehead atoms. The maximum absolute atomic E-state index is 6.31. The van der Waals surface area contributed by atoms with E-state index in [1.54, 1.807) is 7.11 Å². The van der Waals surface area contributed by atoms with Crippen LogP contribution in [0.5, 0.6) is 5.75 Å². The van der Waals surface area contributed by atoms with E-state index >= 15 is 0 Å². The fraction of sp³-hybridized carbons (Fsp3) is 0.143. The Balaban J connectivity index is 1.75. The molecular weight excluding hydrogens is 282 g/mol. The van der Waals surface area contributed by atoms with Crippen LogP contribution in [0.1, 0.15) is 22.3 Å². The number of rotatable bonds is 3. The molecule has 2 heteroatoms. The van der Waals surface area contributed by atoms with Crippen molar-refractivity contribution in [3.05, 3.63) is 82.9 Å². The highest BCUT2D eigenvalue weighted by atomic mass is 16.5. The van der Waals surface area contributed by atoms with Crippen molar-refractivity contribution in [2.24, 2.45) is 0 Å². The predicted molar refractivity (Wildman–Crippen MR) is 94.9 cm³/mol. The molecule has 0 spiro atoms. The standard InChI is InChI=1S/C21H19NO/c1-23-16-8-6-14(7-9-16)12-20-19-13-15-4-2-3-5-17(15)18(19)10-11-21(20)22/h2-11H,12-13,22H2,1H3. The molecule has 3 aromatic carbocycles. The number of methoxy groups -OCH3 is 1. The maximum atomic E-state index is 6.31. The predicted octanol–water partition coefficient (Wildman–Crippen LogP) is 4.44. The largest absolute Gasteiger partial charge is 0.497 e. The average molecular weight is 301 g/mol. The molecule has 0 saturated carbocycles. The summed E-state index contributed by atoms with van der Waals surface area (Å²) in [6, 6.07) is 21.1. The van der Waals surface area contributed by atoms with Gasteiger partial charge < -0.3 is 10.5 Å². The van der Waals surface area contributed by atoms with Gasteiger partial charge in [-0.2, -0.15) is 0 Å². The second-order valence-electron chi connectivity index (χ2n) is 6.02. The number of hydrogen-bond donors (Lipinski definition) is 1. The number of nitrogens with two attached hydrogens (primary N) is 1. The highest BCUT2D eigenvalue weighted by Crippen LogP contribution is 2.40. The number of benzene rings is 3. The van der Waals surface area contributed by atoms with E-state index < -0.39 is 0 Å². The molecule has 3 aromatic rings. The van der Waals surface area contributed by atoms with Gasteiger partial charge >= 0.3 is 0 Å². The Bertz CT molecular complexity index is 866. The molecule has 2 N–H and O–H groups in total. The van der Waals surface area contributed by atoms with Gasteiger partial charge in [-0.15, -0.1) is 0 Å². The molecule has 0 radical (unpaired) electrons. The van der Waals surface area contributed by atoms with Gasteiger partial charge in [-0.3, -0.25) is 0 Å². The van der Waals surface area contributed by atoms with Crippen LogP contribution in [-0.2, 0) is 12.8 Å². The van der Waals surface area contributed by atoms with Gasteiger partial charge in [0.25, 0.3) is 0 Å². The zero-order chi connectivity index (χ0) is 15.8. The Morgan fingerprint density at radius 2 is 1.70 bits per heavy atom. The van der Waals surface area contributed by atoms with Crippen LogP contribution in [0.25, 0.3) is 11.1 Å². The molecule has 0 unspecified atom stereocenters. The number of anilines is 1. The summed E-state index contributed by atoms with van der Waals surface area (Å²) in [6.45, 7) is 0. The molecule has 0 aliphatic heterocycles. The first-order valence-electron chi connectivity index (χ1n) is 7.87. The molecule has 0 amide bonds. The van der Waals surface area contributed by atoms with E-state index in [9.17, 15) is 0 Å². The maximum Gasteiger partial charge on any atom is 0.118 e. The van der Waals surface area contributed by atoms with Crippen molar-refractivity contribution < 1.29 is 4.74 Å². The zero-order valence-corrected chi connectivity index (χ0v) is 13.2. The average Bonchev–Trinajstić information content (AvgIpc) is 2.97. The minimum atomic E-state index is 0.854. The molecule has 0 saturated heterocycles. The van der Waals surface area contributed by atoms with Crippen LogP contribution in [0.3, 0.4) is 0 Å². The van der Waals surface area contributed by atoms with Gasteiger partial charge in [0.1, 0.15) is 5.75 Å². The summed E-state index contributed by atoms with van der Waals surface area (Å²) >= 11 is 0. The Morgan fingerprint density at radius 3 is 2.48 bits per heavy atom. The van der Waals surface area contributed by atoms with Gasteiger partial charge in [0, 0.05) is 5.69 Å². The van der Waals surface area contributed by atoms with Crippen molar-refractivity contribution >= 4 is 5.69 Å². The quantitative estimate of drug-likeness (QED) is 0.568. The Hall–Kier alpha value is -2.74. The summed E-state index contributed by atoms with van der Waals surface area (Å²) in [5.74, 6) is 0.882. The Kier molecular flexibility index (Phi) is 3.30. The van der Waals surface area contributed by atoms with Gasteiger partial charge in [-0.05, 0) is 64.4 Å². The van der Waals surface area contributed by atoms with Crippen molar-refractivity contribution in [2.45, 2.75) is 12.8 Å². The first-order valence-corrected chi connectivity index (χ1v) is 7.87. The molecule has 4 rings (SSSR count). The van der Waals surface area contributed by atoms with Crippen molar-refractivity contribution in [1.29, 1.82) is 0 Å². The van der Waals surface area contributed by atoms with E-state index in [1.165, 1.54) is 33.4 Å². The highest BCUT2D eigenvalue weighted by Gasteiger charge is 2.22. The fourth-order valence-corrected chi connectivity index (χ4v) is 3.45. The van der Waals surface area contributed by atoms with E-state index in [2.05, 4.69) is 42.5 Å². The molecule has 114 valence electrons. The van der Waals surface area contributed by atoms with E-state index in [0.29, 0.717) is 0 Å². The van der Waals surface area contributed by atoms with Crippen molar-refractivity contribution in [1.82, 2.24) is 0 Å². The Morgan fingerprint density at radius 1 is 0.913 bits per heavy atom. The van der Waals surface area contributed by atoms with Crippen LogP contribution in [0.4, 0.5) is 5.69 Å². The van der Waals surface area contributed by atoms with Crippen molar-refractivity contribution in [2.75, 3.05) is 12.8 Å². The highest BCUT2D eigenvalue weighted by molar-refractivity contribution is 5.80. The summed E-state index contributed by atoms with van der Waals surface area (Å²) in [6.07, 6.45) is 1.83. The number of fused-ring (bicyclic) bond motifs is 3. The third kappa shape index (κ3) is 2.36. The first kappa shape index (κ1) is 13.9. The summed E-state index contributed by atoms with van der Waals surface area (Å²) < 4.78 is 5.23. The van der Waals surface area contributed by atoms with Crippen LogP contribution in [0.2, 0.25) is 0 Å². The molecule has 0 atom stereocenters. The van der Waals surface area contributed by atoms with Crippen LogP contribution < -0.4 is 10.5 Å². The second kappa shape index (κ2) is 5.47. The van der Waals surface area contributed by atoms with E-state index in [4.69, 9.17) is 10.5 Å². The van der Waals surface area contributed by atoms with E-state index in [1.807, 2.05) is 18.2 Å². The van der Waals surface area contributed by atoms with Gasteiger partial charge in [-0.1, -0.05) is 42.5 Å². The number of hydrogen-bond acceptors (Lipinski definition) is 2. The summed E-state index contributed by atoms with van der Waals surface area (Å²) in [5.41, 5.74) is 15.1. The number of ether oxygens (including phenoxy) is 1. The monoisotopic (exact) mass is 301 g/mol. The normalized spacial score (nSPS) is 11.9. The topological polar surface area (TPSA) is 35.2 Å². The lowest BCUT2D eigenvalue weighted by Crippen LogP contribution is -2.01. The molecular formula is C21H19NO. The van der Waals surface area contributed by atoms with Gasteiger partial charge in [-0.25, -0.2) is 0 Å². The first-order chi connectivity index (χ1) is 11.3. The zero-order valence-electron chi connectivity index (χ0n) is 13.2. The smallest absolute Gasteiger partial charge is 0.118 e. The number of nitrogen functional groups attached to an aromatic ring is 1. The second-order valence-corrected chi connectivity index (χ2v) is 6.02. The van der Waals surface area contributed by atoms with E-state index in [0.717, 1.165) is 24.3 Å². The molecule has 2 nitrogen and oxygen atoms in total. The minimum absolute atomic E-state index is 0.854. The lowest BCUT2D eigenvalue weighted by atomic mass is 9.94. The summed E-state index contributed by atoms with van der Waals surface area (Å²) in [4.78, 5) is 0. The fourth-order valence-electron chi connectivity index (χ4n) is 3.45. The lowest BCUT2D eigenvalue weighted by Gasteiger charge is -2.12. The van der Waals surface area contributed by atoms with Crippen LogP contribution >= 0.6 is 0 Å². The SMILES string of the molecule is COc1ccc(Cc2c(N)ccc3c2Cc2ccccc2-3)cc1. The van der Waals surface area contributed by atoms with E-state index in [-0.39, 0.29) is 0 Å². The third-order valence-corrected chi connectivity index (χ3v) is 4.68.